The normalized spacial score (nSPS) is 11.0. The average molecular weight is 338 g/mol. The van der Waals surface area contributed by atoms with Gasteiger partial charge in [-0.3, -0.25) is 5.10 Å². The highest BCUT2D eigenvalue weighted by molar-refractivity contribution is 7.98. The summed E-state index contributed by atoms with van der Waals surface area (Å²) in [5.41, 5.74) is 2.98. The number of thioether (sulfide) groups is 1. The van der Waals surface area contributed by atoms with E-state index in [-0.39, 0.29) is 0 Å². The van der Waals surface area contributed by atoms with Crippen LogP contribution in [0.4, 0.5) is 0 Å². The molecule has 6 nitrogen and oxygen atoms in total. The molecule has 0 aliphatic heterocycles. The largest absolute Gasteiger partial charge is 0.497 e. The van der Waals surface area contributed by atoms with Crippen molar-refractivity contribution in [2.75, 3.05) is 7.11 Å². The Kier molecular flexibility index (Phi) is 3.92. The molecule has 7 heteroatoms. The zero-order valence-electron chi connectivity index (χ0n) is 12.9. The molecule has 2 aromatic carbocycles. The summed E-state index contributed by atoms with van der Waals surface area (Å²) in [4.78, 5) is 0. The van der Waals surface area contributed by atoms with Crippen molar-refractivity contribution in [3.05, 3.63) is 54.2 Å². The number of ether oxygens (including phenoxy) is 1. The molecule has 2 aromatic heterocycles. The van der Waals surface area contributed by atoms with E-state index in [1.165, 1.54) is 17.3 Å². The Morgan fingerprint density at radius 1 is 1.12 bits per heavy atom. The van der Waals surface area contributed by atoms with E-state index < -0.39 is 0 Å². The van der Waals surface area contributed by atoms with E-state index in [9.17, 15) is 0 Å². The molecule has 0 spiro atoms. The molecular formula is C17H14N4O2S. The summed E-state index contributed by atoms with van der Waals surface area (Å²) in [6.45, 7) is 0. The van der Waals surface area contributed by atoms with Crippen molar-refractivity contribution in [1.29, 1.82) is 0 Å². The summed E-state index contributed by atoms with van der Waals surface area (Å²) < 4.78 is 10.9. The third-order valence-corrected chi connectivity index (χ3v) is 4.51. The Morgan fingerprint density at radius 3 is 2.83 bits per heavy atom. The van der Waals surface area contributed by atoms with Crippen LogP contribution in [0.25, 0.3) is 22.4 Å². The minimum Gasteiger partial charge on any atom is -0.497 e. The second-order valence-electron chi connectivity index (χ2n) is 5.18. The van der Waals surface area contributed by atoms with Crippen LogP contribution in [0.15, 0.2) is 58.3 Å². The number of aromatic amines is 1. The quantitative estimate of drug-likeness (QED) is 0.556. The van der Waals surface area contributed by atoms with Gasteiger partial charge in [0, 0.05) is 16.7 Å². The molecule has 0 saturated heterocycles. The number of hydrogen-bond acceptors (Lipinski definition) is 6. The van der Waals surface area contributed by atoms with E-state index in [0.29, 0.717) is 11.1 Å². The van der Waals surface area contributed by atoms with Crippen molar-refractivity contribution in [3.8, 4) is 17.2 Å². The molecule has 0 aliphatic rings. The second-order valence-corrected chi connectivity index (χ2v) is 6.11. The summed E-state index contributed by atoms with van der Waals surface area (Å²) in [5, 5.41) is 16.8. The summed E-state index contributed by atoms with van der Waals surface area (Å²) in [7, 11) is 1.66. The van der Waals surface area contributed by atoms with Gasteiger partial charge in [-0.15, -0.1) is 10.2 Å². The number of nitrogens with one attached hydrogen (secondary N) is 1. The maximum absolute atomic E-state index is 5.74. The molecule has 1 N–H and O–H groups in total. The second kappa shape index (κ2) is 6.37. The lowest BCUT2D eigenvalue weighted by Crippen LogP contribution is -1.84. The van der Waals surface area contributed by atoms with E-state index in [1.54, 1.807) is 13.3 Å². The third-order valence-electron chi connectivity index (χ3n) is 3.62. The lowest BCUT2D eigenvalue weighted by Gasteiger charge is -2.01. The van der Waals surface area contributed by atoms with Crippen LogP contribution in [0.2, 0.25) is 0 Å². The van der Waals surface area contributed by atoms with E-state index in [4.69, 9.17) is 9.15 Å². The summed E-state index contributed by atoms with van der Waals surface area (Å²) >= 11 is 1.51. The number of fused-ring (bicyclic) bond motifs is 1. The van der Waals surface area contributed by atoms with E-state index in [1.807, 2.05) is 42.5 Å². The first kappa shape index (κ1) is 14.8. The lowest BCUT2D eigenvalue weighted by molar-refractivity contribution is 0.414. The predicted octanol–water partition coefficient (Wildman–Crippen LogP) is 3.91. The molecule has 4 aromatic rings. The molecule has 0 fully saturated rings. The van der Waals surface area contributed by atoms with Crippen LogP contribution in [-0.2, 0) is 5.75 Å². The topological polar surface area (TPSA) is 76.8 Å². The van der Waals surface area contributed by atoms with Gasteiger partial charge in [0.25, 0.3) is 5.22 Å². The van der Waals surface area contributed by atoms with Crippen molar-refractivity contribution in [2.24, 2.45) is 0 Å². The maximum Gasteiger partial charge on any atom is 0.277 e. The fraction of sp³-hybridized carbons (Fsp3) is 0.118. The molecule has 0 atom stereocenters. The van der Waals surface area contributed by atoms with Gasteiger partial charge in [0.15, 0.2) is 0 Å². The third kappa shape index (κ3) is 2.98. The smallest absolute Gasteiger partial charge is 0.277 e. The summed E-state index contributed by atoms with van der Waals surface area (Å²) in [6.07, 6.45) is 1.78. The zero-order valence-corrected chi connectivity index (χ0v) is 13.7. The fourth-order valence-electron chi connectivity index (χ4n) is 2.32. The van der Waals surface area contributed by atoms with E-state index >= 15 is 0 Å². The Balaban J connectivity index is 1.47. The van der Waals surface area contributed by atoms with Gasteiger partial charge in [0.05, 0.1) is 18.8 Å². The Bertz CT molecular complexity index is 962. The Morgan fingerprint density at radius 2 is 2.00 bits per heavy atom. The minimum absolute atomic E-state index is 0.503. The van der Waals surface area contributed by atoms with Crippen LogP contribution in [0, 0.1) is 0 Å². The van der Waals surface area contributed by atoms with Crippen molar-refractivity contribution in [2.45, 2.75) is 11.0 Å². The molecule has 0 radical (unpaired) electrons. The minimum atomic E-state index is 0.503. The Hall–Kier alpha value is -2.80. The number of H-pyrrole nitrogens is 1. The fourth-order valence-corrected chi connectivity index (χ4v) is 3.04. The molecule has 0 aliphatic carbocycles. The first-order valence-corrected chi connectivity index (χ1v) is 8.33. The molecule has 24 heavy (non-hydrogen) atoms. The van der Waals surface area contributed by atoms with Crippen LogP contribution in [0.5, 0.6) is 5.75 Å². The summed E-state index contributed by atoms with van der Waals surface area (Å²) in [6, 6.07) is 13.8. The predicted molar refractivity (Wildman–Crippen MR) is 91.9 cm³/mol. The average Bonchev–Trinajstić information content (AvgIpc) is 3.29. The first-order chi connectivity index (χ1) is 11.8. The van der Waals surface area contributed by atoms with Gasteiger partial charge in [-0.05, 0) is 29.8 Å². The van der Waals surface area contributed by atoms with Crippen LogP contribution in [0.3, 0.4) is 0 Å². The van der Waals surface area contributed by atoms with E-state index in [2.05, 4.69) is 20.4 Å². The zero-order chi connectivity index (χ0) is 16.4. The standard InChI is InChI=1S/C17H14N4O2S/c1-22-14-6-2-11(3-7-14)10-24-17-21-20-16(23-17)12-4-5-13-9-18-19-15(13)8-12/h2-9H,10H2,1H3,(H,18,19). The highest BCUT2D eigenvalue weighted by Gasteiger charge is 2.10. The van der Waals surface area contributed by atoms with Crippen LogP contribution in [-0.4, -0.2) is 27.5 Å². The van der Waals surface area contributed by atoms with Gasteiger partial charge in [-0.25, -0.2) is 0 Å². The molecular weight excluding hydrogens is 324 g/mol. The highest BCUT2D eigenvalue weighted by Crippen LogP contribution is 2.27. The number of hydrogen-bond donors (Lipinski definition) is 1. The number of methoxy groups -OCH3 is 1. The lowest BCUT2D eigenvalue weighted by atomic mass is 10.2. The number of nitrogens with zero attached hydrogens (tertiary/aromatic N) is 3. The van der Waals surface area contributed by atoms with Gasteiger partial charge < -0.3 is 9.15 Å². The van der Waals surface area contributed by atoms with Gasteiger partial charge >= 0.3 is 0 Å². The van der Waals surface area contributed by atoms with Gasteiger partial charge in [-0.1, -0.05) is 30.0 Å². The van der Waals surface area contributed by atoms with Crippen molar-refractivity contribution < 1.29 is 9.15 Å². The monoisotopic (exact) mass is 338 g/mol. The molecule has 120 valence electrons. The van der Waals surface area contributed by atoms with Gasteiger partial charge in [0.1, 0.15) is 5.75 Å². The molecule has 0 bridgehead atoms. The van der Waals surface area contributed by atoms with Gasteiger partial charge in [0.2, 0.25) is 5.89 Å². The van der Waals surface area contributed by atoms with Crippen LogP contribution >= 0.6 is 11.8 Å². The van der Waals surface area contributed by atoms with Gasteiger partial charge in [-0.2, -0.15) is 5.10 Å². The van der Waals surface area contributed by atoms with Crippen molar-refractivity contribution >= 4 is 22.7 Å². The molecule has 0 amide bonds. The number of rotatable bonds is 5. The number of aromatic nitrogens is 4. The van der Waals surface area contributed by atoms with Crippen molar-refractivity contribution in [3.63, 3.8) is 0 Å². The molecule has 2 heterocycles. The van der Waals surface area contributed by atoms with Crippen LogP contribution < -0.4 is 4.74 Å². The van der Waals surface area contributed by atoms with Crippen molar-refractivity contribution in [1.82, 2.24) is 20.4 Å². The first-order valence-electron chi connectivity index (χ1n) is 7.34. The highest BCUT2D eigenvalue weighted by atomic mass is 32.2. The Labute approximate surface area is 142 Å². The SMILES string of the molecule is COc1ccc(CSc2nnc(-c3ccc4cn[nH]c4c3)o2)cc1. The maximum atomic E-state index is 5.74. The molecule has 0 saturated carbocycles. The van der Waals surface area contributed by atoms with Crippen LogP contribution in [0.1, 0.15) is 5.56 Å². The molecule has 4 rings (SSSR count). The molecule has 0 unspecified atom stereocenters. The number of benzene rings is 2. The summed E-state index contributed by atoms with van der Waals surface area (Å²) in [5.74, 6) is 2.10. The van der Waals surface area contributed by atoms with E-state index in [0.717, 1.165) is 28.0 Å².